The topological polar surface area (TPSA) is 78.9 Å². The SMILES string of the molecule is C=CCC(N)C(=O)NC#N. The highest BCUT2D eigenvalue weighted by atomic mass is 16.2. The smallest absolute Gasteiger partial charge is 0.250 e. The summed E-state index contributed by atoms with van der Waals surface area (Å²) < 4.78 is 0. The van der Waals surface area contributed by atoms with Gasteiger partial charge in [0.25, 0.3) is 0 Å². The predicted molar refractivity (Wildman–Crippen MR) is 36.5 cm³/mol. The molecule has 0 bridgehead atoms. The Labute approximate surface area is 59.3 Å². The van der Waals surface area contributed by atoms with Gasteiger partial charge in [-0.1, -0.05) is 6.08 Å². The van der Waals surface area contributed by atoms with Gasteiger partial charge in [0.15, 0.2) is 6.19 Å². The quantitative estimate of drug-likeness (QED) is 0.314. The molecule has 0 aliphatic rings. The zero-order chi connectivity index (χ0) is 7.98. The lowest BCUT2D eigenvalue weighted by Crippen LogP contribution is -2.37. The zero-order valence-corrected chi connectivity index (χ0v) is 5.50. The Morgan fingerprint density at radius 3 is 3.00 bits per heavy atom. The van der Waals surface area contributed by atoms with Gasteiger partial charge < -0.3 is 5.73 Å². The van der Waals surface area contributed by atoms with Crippen molar-refractivity contribution >= 4 is 5.91 Å². The molecule has 10 heavy (non-hydrogen) atoms. The first-order valence-electron chi connectivity index (χ1n) is 2.77. The molecule has 54 valence electrons. The maximum atomic E-state index is 10.6. The number of rotatable bonds is 3. The fourth-order valence-electron chi connectivity index (χ4n) is 0.434. The molecular formula is C6H9N3O. The third-order valence-corrected chi connectivity index (χ3v) is 0.936. The van der Waals surface area contributed by atoms with E-state index in [1.165, 1.54) is 12.3 Å². The number of nitrogens with one attached hydrogen (secondary N) is 1. The number of hydrogen-bond donors (Lipinski definition) is 2. The number of nitrogens with two attached hydrogens (primary N) is 1. The van der Waals surface area contributed by atoms with E-state index < -0.39 is 11.9 Å². The first-order chi connectivity index (χ1) is 4.72. The first kappa shape index (κ1) is 8.66. The normalized spacial score (nSPS) is 11.2. The van der Waals surface area contributed by atoms with E-state index in [9.17, 15) is 4.79 Å². The fraction of sp³-hybridized carbons (Fsp3) is 0.333. The molecule has 0 aromatic heterocycles. The van der Waals surface area contributed by atoms with E-state index in [0.29, 0.717) is 6.42 Å². The van der Waals surface area contributed by atoms with Gasteiger partial charge in [-0.3, -0.25) is 10.1 Å². The van der Waals surface area contributed by atoms with Crippen molar-refractivity contribution < 1.29 is 4.79 Å². The molecule has 0 fully saturated rings. The summed E-state index contributed by atoms with van der Waals surface area (Å²) in [5, 5.41) is 9.91. The second-order valence-electron chi connectivity index (χ2n) is 1.73. The Bertz CT molecular complexity index is 170. The summed E-state index contributed by atoms with van der Waals surface area (Å²) in [6.45, 7) is 3.40. The van der Waals surface area contributed by atoms with Gasteiger partial charge in [0.1, 0.15) is 0 Å². The molecule has 0 aliphatic carbocycles. The van der Waals surface area contributed by atoms with Gasteiger partial charge in [0, 0.05) is 0 Å². The van der Waals surface area contributed by atoms with Gasteiger partial charge in [-0.15, -0.1) is 6.58 Å². The molecule has 1 unspecified atom stereocenters. The Morgan fingerprint density at radius 1 is 2.00 bits per heavy atom. The van der Waals surface area contributed by atoms with Gasteiger partial charge in [-0.05, 0) is 6.42 Å². The lowest BCUT2D eigenvalue weighted by molar-refractivity contribution is -0.121. The van der Waals surface area contributed by atoms with Crippen molar-refractivity contribution in [3.8, 4) is 6.19 Å². The zero-order valence-electron chi connectivity index (χ0n) is 5.50. The minimum absolute atomic E-state index is 0.382. The summed E-state index contributed by atoms with van der Waals surface area (Å²) in [4.78, 5) is 10.6. The van der Waals surface area contributed by atoms with Gasteiger partial charge in [0.2, 0.25) is 5.91 Å². The van der Waals surface area contributed by atoms with Crippen LogP contribution in [0, 0.1) is 11.5 Å². The van der Waals surface area contributed by atoms with Crippen LogP contribution in [0.4, 0.5) is 0 Å². The Kier molecular flexibility index (Phi) is 3.92. The molecule has 4 nitrogen and oxygen atoms in total. The number of nitriles is 1. The summed E-state index contributed by atoms with van der Waals surface area (Å²) in [5.41, 5.74) is 5.28. The van der Waals surface area contributed by atoms with E-state index in [4.69, 9.17) is 11.0 Å². The number of carbonyl (C=O) groups is 1. The lowest BCUT2D eigenvalue weighted by Gasteiger charge is -2.03. The molecular weight excluding hydrogens is 130 g/mol. The van der Waals surface area contributed by atoms with Crippen LogP contribution in [0.15, 0.2) is 12.7 Å². The average molecular weight is 139 g/mol. The highest BCUT2D eigenvalue weighted by Crippen LogP contribution is 1.86. The number of hydrogen-bond acceptors (Lipinski definition) is 3. The molecule has 3 N–H and O–H groups in total. The summed E-state index contributed by atoms with van der Waals surface area (Å²) in [6, 6.07) is -0.655. The highest BCUT2D eigenvalue weighted by Gasteiger charge is 2.09. The van der Waals surface area contributed by atoms with Crippen LogP contribution in [0.1, 0.15) is 6.42 Å². The molecule has 1 amide bonds. The molecule has 0 spiro atoms. The second-order valence-corrected chi connectivity index (χ2v) is 1.73. The van der Waals surface area contributed by atoms with Crippen molar-refractivity contribution in [3.63, 3.8) is 0 Å². The van der Waals surface area contributed by atoms with Gasteiger partial charge >= 0.3 is 0 Å². The largest absolute Gasteiger partial charge is 0.320 e. The molecule has 0 saturated heterocycles. The van der Waals surface area contributed by atoms with Crippen molar-refractivity contribution in [3.05, 3.63) is 12.7 Å². The molecule has 0 saturated carbocycles. The van der Waals surface area contributed by atoms with E-state index in [0.717, 1.165) is 0 Å². The van der Waals surface area contributed by atoms with Crippen LogP contribution in [0.2, 0.25) is 0 Å². The fourth-order valence-corrected chi connectivity index (χ4v) is 0.434. The van der Waals surface area contributed by atoms with Crippen LogP contribution in [-0.2, 0) is 4.79 Å². The molecule has 1 atom stereocenters. The molecule has 0 aliphatic heterocycles. The van der Waals surface area contributed by atoms with E-state index in [-0.39, 0.29) is 0 Å². The Balaban J connectivity index is 3.72. The standard InChI is InChI=1S/C6H9N3O/c1-2-3-5(8)6(10)9-4-7/h2,5H,1,3,8H2,(H,9,10). The Morgan fingerprint density at radius 2 is 2.60 bits per heavy atom. The predicted octanol–water partition coefficient (Wildman–Crippen LogP) is -0.513. The van der Waals surface area contributed by atoms with Crippen molar-refractivity contribution in [1.29, 1.82) is 5.26 Å². The highest BCUT2D eigenvalue weighted by molar-refractivity contribution is 5.82. The van der Waals surface area contributed by atoms with Crippen molar-refractivity contribution in [2.24, 2.45) is 5.73 Å². The van der Waals surface area contributed by atoms with Crippen molar-refractivity contribution in [2.75, 3.05) is 0 Å². The summed E-state index contributed by atoms with van der Waals surface area (Å²) in [5.74, 6) is -0.470. The van der Waals surface area contributed by atoms with Crippen LogP contribution in [-0.4, -0.2) is 11.9 Å². The van der Waals surface area contributed by atoms with E-state index in [1.54, 1.807) is 0 Å². The maximum absolute atomic E-state index is 10.6. The number of carbonyl (C=O) groups excluding carboxylic acids is 1. The van der Waals surface area contributed by atoms with Gasteiger partial charge in [-0.2, -0.15) is 5.26 Å². The minimum atomic E-state index is -0.655. The van der Waals surface area contributed by atoms with Crippen LogP contribution in [0.3, 0.4) is 0 Å². The monoisotopic (exact) mass is 139 g/mol. The number of amides is 1. The number of nitrogens with zero attached hydrogens (tertiary/aromatic N) is 1. The summed E-state index contributed by atoms with van der Waals surface area (Å²) >= 11 is 0. The maximum Gasteiger partial charge on any atom is 0.250 e. The van der Waals surface area contributed by atoms with Crippen LogP contribution in [0.25, 0.3) is 0 Å². The summed E-state index contributed by atoms with van der Waals surface area (Å²) in [6.07, 6.45) is 3.40. The second kappa shape index (κ2) is 4.53. The third-order valence-electron chi connectivity index (χ3n) is 0.936. The molecule has 0 rings (SSSR count). The van der Waals surface area contributed by atoms with E-state index >= 15 is 0 Å². The van der Waals surface area contributed by atoms with Crippen LogP contribution >= 0.6 is 0 Å². The summed E-state index contributed by atoms with van der Waals surface area (Å²) in [7, 11) is 0. The molecule has 0 radical (unpaired) electrons. The molecule has 0 heterocycles. The van der Waals surface area contributed by atoms with Gasteiger partial charge in [-0.25, -0.2) is 0 Å². The third kappa shape index (κ3) is 2.84. The minimum Gasteiger partial charge on any atom is -0.320 e. The van der Waals surface area contributed by atoms with Gasteiger partial charge in [0.05, 0.1) is 6.04 Å². The van der Waals surface area contributed by atoms with E-state index in [1.807, 2.05) is 5.32 Å². The molecule has 4 heteroatoms. The van der Waals surface area contributed by atoms with E-state index in [2.05, 4.69) is 6.58 Å². The van der Waals surface area contributed by atoms with Crippen LogP contribution < -0.4 is 11.1 Å². The molecule has 0 aromatic carbocycles. The Hall–Kier alpha value is -1.34. The van der Waals surface area contributed by atoms with Crippen LogP contribution in [0.5, 0.6) is 0 Å². The van der Waals surface area contributed by atoms with Crippen molar-refractivity contribution in [2.45, 2.75) is 12.5 Å². The van der Waals surface area contributed by atoms with Crippen molar-refractivity contribution in [1.82, 2.24) is 5.32 Å². The first-order valence-corrected chi connectivity index (χ1v) is 2.77. The average Bonchev–Trinajstić information content (AvgIpc) is 1.89. The lowest BCUT2D eigenvalue weighted by atomic mass is 10.2. The molecule has 0 aromatic rings.